The Balaban J connectivity index is 2.02. The molecule has 1 saturated carbocycles. The van der Waals surface area contributed by atoms with E-state index in [2.05, 4.69) is 46.1 Å². The average molecular weight is 325 g/mol. The predicted molar refractivity (Wildman–Crippen MR) is 86.7 cm³/mol. The molecule has 1 aromatic rings. The smallest absolute Gasteiger partial charge is 0.0508 e. The number of anilines is 1. The Labute approximate surface area is 125 Å². The van der Waals surface area contributed by atoms with E-state index in [9.17, 15) is 0 Å². The number of hydrogen-bond acceptors (Lipinski definition) is 2. The molecule has 0 bridgehead atoms. The molecule has 1 aliphatic carbocycles. The minimum atomic E-state index is 0.217. The molecule has 0 aromatic heterocycles. The lowest BCUT2D eigenvalue weighted by Gasteiger charge is -2.24. The number of rotatable bonds is 5. The van der Waals surface area contributed by atoms with Crippen molar-refractivity contribution >= 4 is 21.6 Å². The number of benzene rings is 1. The maximum Gasteiger partial charge on any atom is 0.0508 e. The largest absolute Gasteiger partial charge is 0.373 e. The number of nitrogens with two attached hydrogens (primary N) is 1. The molecule has 1 atom stereocenters. The fourth-order valence-electron chi connectivity index (χ4n) is 3.04. The third-order valence-corrected chi connectivity index (χ3v) is 4.62. The molecule has 2 nitrogen and oxygen atoms in total. The van der Waals surface area contributed by atoms with Crippen LogP contribution in [0, 0.1) is 5.92 Å². The van der Waals surface area contributed by atoms with E-state index in [4.69, 9.17) is 5.73 Å². The summed E-state index contributed by atoms with van der Waals surface area (Å²) >= 11 is 3.70. The van der Waals surface area contributed by atoms with Crippen LogP contribution in [0.15, 0.2) is 22.7 Å². The van der Waals surface area contributed by atoms with E-state index < -0.39 is 0 Å². The summed E-state index contributed by atoms with van der Waals surface area (Å²) in [6, 6.07) is 6.85. The first-order valence-corrected chi connectivity index (χ1v) is 8.10. The van der Waals surface area contributed by atoms with Crippen molar-refractivity contribution in [3.05, 3.63) is 28.2 Å². The summed E-state index contributed by atoms with van der Waals surface area (Å²) in [5.41, 5.74) is 8.45. The fraction of sp³-hybridized carbons (Fsp3) is 0.625. The molecule has 0 saturated heterocycles. The normalized spacial score (nSPS) is 17.7. The minimum Gasteiger partial charge on any atom is -0.373 e. The van der Waals surface area contributed by atoms with E-state index >= 15 is 0 Å². The first kappa shape index (κ1) is 14.9. The molecule has 2 rings (SSSR count). The van der Waals surface area contributed by atoms with Crippen LogP contribution in [-0.2, 0) is 6.42 Å². The molecular weight excluding hydrogens is 300 g/mol. The van der Waals surface area contributed by atoms with Gasteiger partial charge < -0.3 is 10.6 Å². The van der Waals surface area contributed by atoms with Crippen molar-refractivity contribution in [1.29, 1.82) is 0 Å². The van der Waals surface area contributed by atoms with E-state index in [1.807, 2.05) is 6.92 Å². The highest BCUT2D eigenvalue weighted by molar-refractivity contribution is 9.10. The summed E-state index contributed by atoms with van der Waals surface area (Å²) in [5.74, 6) is 0.876. The Kier molecular flexibility index (Phi) is 5.28. The van der Waals surface area contributed by atoms with Gasteiger partial charge in [-0.2, -0.15) is 0 Å². The standard InChI is InChI=1S/C16H25BrN2/c1-12(18)9-14-7-8-16(15(17)10-14)19(2)11-13-5-3-4-6-13/h7-8,10,12-13H,3-6,9,11,18H2,1-2H3. The lowest BCUT2D eigenvalue weighted by molar-refractivity contribution is 0.547. The van der Waals surface area contributed by atoms with Gasteiger partial charge in [-0.3, -0.25) is 0 Å². The van der Waals surface area contributed by atoms with Crippen LogP contribution in [0.25, 0.3) is 0 Å². The van der Waals surface area contributed by atoms with Gasteiger partial charge in [-0.1, -0.05) is 18.9 Å². The zero-order chi connectivity index (χ0) is 13.8. The van der Waals surface area contributed by atoms with Gasteiger partial charge in [0, 0.05) is 24.1 Å². The van der Waals surface area contributed by atoms with Crippen molar-refractivity contribution in [1.82, 2.24) is 0 Å². The van der Waals surface area contributed by atoms with Crippen LogP contribution in [0.4, 0.5) is 5.69 Å². The Bertz CT molecular complexity index is 411. The van der Waals surface area contributed by atoms with Crippen molar-refractivity contribution in [2.24, 2.45) is 11.7 Å². The summed E-state index contributed by atoms with van der Waals surface area (Å²) in [6.45, 7) is 3.22. The maximum absolute atomic E-state index is 5.86. The highest BCUT2D eigenvalue weighted by atomic mass is 79.9. The van der Waals surface area contributed by atoms with Gasteiger partial charge in [0.15, 0.2) is 0 Å². The van der Waals surface area contributed by atoms with Crippen molar-refractivity contribution in [2.45, 2.75) is 45.1 Å². The summed E-state index contributed by atoms with van der Waals surface area (Å²) in [7, 11) is 2.20. The topological polar surface area (TPSA) is 29.3 Å². The molecule has 0 radical (unpaired) electrons. The van der Waals surface area contributed by atoms with Crippen LogP contribution in [0.2, 0.25) is 0 Å². The Morgan fingerprint density at radius 1 is 1.37 bits per heavy atom. The Hall–Kier alpha value is -0.540. The van der Waals surface area contributed by atoms with Gasteiger partial charge in [0.1, 0.15) is 0 Å². The molecule has 3 heteroatoms. The SMILES string of the molecule is CC(N)Cc1ccc(N(C)CC2CCCC2)c(Br)c1. The molecular formula is C16H25BrN2. The molecule has 0 spiro atoms. The van der Waals surface area contributed by atoms with E-state index in [0.29, 0.717) is 0 Å². The lowest BCUT2D eigenvalue weighted by Crippen LogP contribution is -2.24. The molecule has 1 aliphatic rings. The number of halogens is 1. The maximum atomic E-state index is 5.86. The molecule has 0 aliphatic heterocycles. The zero-order valence-corrected chi connectivity index (χ0v) is 13.6. The van der Waals surface area contributed by atoms with Gasteiger partial charge in [-0.15, -0.1) is 0 Å². The highest BCUT2D eigenvalue weighted by Gasteiger charge is 2.18. The van der Waals surface area contributed by atoms with E-state index in [-0.39, 0.29) is 6.04 Å². The first-order valence-electron chi connectivity index (χ1n) is 7.31. The Morgan fingerprint density at radius 2 is 2.05 bits per heavy atom. The molecule has 0 amide bonds. The summed E-state index contributed by atoms with van der Waals surface area (Å²) in [6.07, 6.45) is 6.54. The molecule has 1 aromatic carbocycles. The second-order valence-corrected chi connectivity index (χ2v) is 6.85. The zero-order valence-electron chi connectivity index (χ0n) is 12.0. The third-order valence-electron chi connectivity index (χ3n) is 3.99. The monoisotopic (exact) mass is 324 g/mol. The highest BCUT2D eigenvalue weighted by Crippen LogP contribution is 2.31. The van der Waals surface area contributed by atoms with Crippen LogP contribution < -0.4 is 10.6 Å². The average Bonchev–Trinajstić information content (AvgIpc) is 2.80. The van der Waals surface area contributed by atoms with Gasteiger partial charge in [0.25, 0.3) is 0 Å². The second kappa shape index (κ2) is 6.76. The first-order chi connectivity index (χ1) is 9.06. The van der Waals surface area contributed by atoms with Gasteiger partial charge >= 0.3 is 0 Å². The van der Waals surface area contributed by atoms with Crippen molar-refractivity contribution < 1.29 is 0 Å². The van der Waals surface area contributed by atoms with Crippen molar-refractivity contribution in [3.63, 3.8) is 0 Å². The molecule has 0 heterocycles. The van der Waals surface area contributed by atoms with Crippen molar-refractivity contribution in [3.8, 4) is 0 Å². The minimum absolute atomic E-state index is 0.217. The summed E-state index contributed by atoms with van der Waals surface area (Å²) in [5, 5.41) is 0. The predicted octanol–water partition coefficient (Wildman–Crippen LogP) is 3.97. The molecule has 1 unspecified atom stereocenters. The molecule has 106 valence electrons. The van der Waals surface area contributed by atoms with E-state index in [1.54, 1.807) is 0 Å². The van der Waals surface area contributed by atoms with E-state index in [1.165, 1.54) is 48.0 Å². The number of nitrogens with zero attached hydrogens (tertiary/aromatic N) is 1. The molecule has 2 N–H and O–H groups in total. The van der Waals surface area contributed by atoms with E-state index in [0.717, 1.165) is 12.3 Å². The second-order valence-electron chi connectivity index (χ2n) is 6.00. The molecule has 1 fully saturated rings. The summed E-state index contributed by atoms with van der Waals surface area (Å²) in [4.78, 5) is 2.38. The van der Waals surface area contributed by atoms with Gasteiger partial charge in [0.05, 0.1) is 5.69 Å². The van der Waals surface area contributed by atoms with Crippen LogP contribution in [-0.4, -0.2) is 19.6 Å². The third kappa shape index (κ3) is 4.22. The lowest BCUT2D eigenvalue weighted by atomic mass is 10.1. The fourth-order valence-corrected chi connectivity index (χ4v) is 3.77. The molecule has 19 heavy (non-hydrogen) atoms. The summed E-state index contributed by atoms with van der Waals surface area (Å²) < 4.78 is 1.19. The van der Waals surface area contributed by atoms with Crippen LogP contribution in [0.1, 0.15) is 38.2 Å². The quantitative estimate of drug-likeness (QED) is 0.888. The van der Waals surface area contributed by atoms with Gasteiger partial charge in [0.2, 0.25) is 0 Å². The van der Waals surface area contributed by atoms with Crippen LogP contribution >= 0.6 is 15.9 Å². The number of hydrogen-bond donors (Lipinski definition) is 1. The Morgan fingerprint density at radius 3 is 2.63 bits per heavy atom. The van der Waals surface area contributed by atoms with Gasteiger partial charge in [-0.05, 0) is 65.7 Å². The van der Waals surface area contributed by atoms with Crippen molar-refractivity contribution in [2.75, 3.05) is 18.5 Å². The van der Waals surface area contributed by atoms with Crippen LogP contribution in [0.3, 0.4) is 0 Å². The van der Waals surface area contributed by atoms with Gasteiger partial charge in [-0.25, -0.2) is 0 Å². The van der Waals surface area contributed by atoms with Crippen LogP contribution in [0.5, 0.6) is 0 Å².